The van der Waals surface area contributed by atoms with Gasteiger partial charge in [0, 0.05) is 5.69 Å². The van der Waals surface area contributed by atoms with Crippen molar-refractivity contribution in [3.05, 3.63) is 34.8 Å². The zero-order chi connectivity index (χ0) is 19.6. The molecule has 0 saturated carbocycles. The van der Waals surface area contributed by atoms with Crippen molar-refractivity contribution in [1.29, 1.82) is 0 Å². The summed E-state index contributed by atoms with van der Waals surface area (Å²) in [5, 5.41) is 71.0. The second-order valence-electron chi connectivity index (χ2n) is 5.87. The lowest BCUT2D eigenvalue weighted by molar-refractivity contribution is 0.350. The molecule has 138 valence electrons. The van der Waals surface area contributed by atoms with E-state index >= 15 is 0 Å². The number of phenols is 7. The number of benzene rings is 3. The van der Waals surface area contributed by atoms with Gasteiger partial charge in [0.05, 0.1) is 20.8 Å². The highest BCUT2D eigenvalue weighted by atomic mass is 79.9. The van der Waals surface area contributed by atoms with Crippen molar-refractivity contribution >= 4 is 37.7 Å². The molecule has 27 heavy (non-hydrogen) atoms. The summed E-state index contributed by atoms with van der Waals surface area (Å²) in [5.74, 6) is -5.80. The molecule has 1 heterocycles. The van der Waals surface area contributed by atoms with Crippen LogP contribution in [0.1, 0.15) is 0 Å². The van der Waals surface area contributed by atoms with E-state index in [9.17, 15) is 35.7 Å². The topological polar surface area (TPSA) is 147 Å². The molecule has 0 aliphatic carbocycles. The average molecular weight is 434 g/mol. The number of hydrogen-bond donors (Lipinski definition) is 7. The van der Waals surface area contributed by atoms with Crippen molar-refractivity contribution in [2.75, 3.05) is 0 Å². The smallest absolute Gasteiger partial charge is 0.206 e. The first-order valence-corrected chi connectivity index (χ1v) is 8.38. The number of aromatic nitrogens is 1. The predicted molar refractivity (Wildman–Crippen MR) is 100 cm³/mol. The Balaban J connectivity index is 2.45. The van der Waals surface area contributed by atoms with Gasteiger partial charge in [-0.2, -0.15) is 0 Å². The number of para-hydroxylation sites is 1. The molecule has 0 aliphatic heterocycles. The lowest BCUT2D eigenvalue weighted by Gasteiger charge is -2.12. The molecule has 3 aromatic carbocycles. The highest BCUT2D eigenvalue weighted by Gasteiger charge is 2.31. The molecule has 0 spiro atoms. The van der Waals surface area contributed by atoms with Crippen LogP contribution in [0.5, 0.6) is 40.2 Å². The first-order valence-electron chi connectivity index (χ1n) is 7.59. The highest BCUT2D eigenvalue weighted by molar-refractivity contribution is 9.10. The maximum atomic E-state index is 10.5. The van der Waals surface area contributed by atoms with Crippen LogP contribution in [0.2, 0.25) is 0 Å². The molecular weight excluding hydrogens is 422 g/mol. The first kappa shape index (κ1) is 17.0. The fraction of sp³-hybridized carbons (Fsp3) is 0. The third-order valence-corrected chi connectivity index (χ3v) is 5.17. The van der Waals surface area contributed by atoms with E-state index < -0.39 is 40.2 Å². The van der Waals surface area contributed by atoms with Gasteiger partial charge in [0.1, 0.15) is 5.52 Å². The Bertz CT molecular complexity index is 1170. The predicted octanol–water partition coefficient (Wildman–Crippen LogP) is 3.49. The Hall–Kier alpha value is -3.46. The fourth-order valence-corrected chi connectivity index (χ4v) is 3.77. The minimum Gasteiger partial charge on any atom is -0.504 e. The molecule has 4 aromatic rings. The molecule has 7 N–H and O–H groups in total. The third-order valence-electron chi connectivity index (χ3n) is 4.42. The van der Waals surface area contributed by atoms with Crippen molar-refractivity contribution in [3.63, 3.8) is 0 Å². The van der Waals surface area contributed by atoms with E-state index in [1.54, 1.807) is 30.3 Å². The number of rotatable bonds is 1. The quantitative estimate of drug-likeness (QED) is 0.179. The van der Waals surface area contributed by atoms with Crippen LogP contribution >= 0.6 is 15.9 Å². The minimum atomic E-state index is -0.991. The van der Waals surface area contributed by atoms with Gasteiger partial charge in [-0.05, 0) is 28.1 Å². The number of hydrogen-bond acceptors (Lipinski definition) is 7. The van der Waals surface area contributed by atoms with Crippen LogP contribution in [-0.4, -0.2) is 40.3 Å². The fourth-order valence-electron chi connectivity index (χ4n) is 3.20. The molecule has 1 aromatic heterocycles. The van der Waals surface area contributed by atoms with Gasteiger partial charge < -0.3 is 40.3 Å². The second kappa shape index (κ2) is 5.52. The van der Waals surface area contributed by atoms with Gasteiger partial charge in [-0.1, -0.05) is 18.2 Å². The van der Waals surface area contributed by atoms with E-state index in [4.69, 9.17) is 0 Å². The molecule has 0 radical (unpaired) electrons. The lowest BCUT2D eigenvalue weighted by Crippen LogP contribution is -1.95. The normalized spacial score (nSPS) is 11.4. The Morgan fingerprint density at radius 2 is 1.04 bits per heavy atom. The molecule has 8 nitrogen and oxygen atoms in total. The van der Waals surface area contributed by atoms with Crippen LogP contribution in [0.25, 0.3) is 27.5 Å². The Morgan fingerprint density at radius 1 is 0.556 bits per heavy atom. The van der Waals surface area contributed by atoms with Crippen LogP contribution in [-0.2, 0) is 0 Å². The average Bonchev–Trinajstić information content (AvgIpc) is 3.04. The van der Waals surface area contributed by atoms with Crippen LogP contribution < -0.4 is 0 Å². The zero-order valence-electron chi connectivity index (χ0n) is 13.3. The summed E-state index contributed by atoms with van der Waals surface area (Å²) in [6, 6.07) is 8.42. The van der Waals surface area contributed by atoms with E-state index in [1.165, 1.54) is 4.57 Å². The van der Waals surface area contributed by atoms with Crippen LogP contribution in [0, 0.1) is 0 Å². The van der Waals surface area contributed by atoms with Crippen molar-refractivity contribution < 1.29 is 35.7 Å². The van der Waals surface area contributed by atoms with Gasteiger partial charge in [0.15, 0.2) is 23.0 Å². The summed E-state index contributed by atoms with van der Waals surface area (Å²) >= 11 is 3.15. The van der Waals surface area contributed by atoms with E-state index in [2.05, 4.69) is 15.9 Å². The molecule has 0 aliphatic rings. The SMILES string of the molecule is Oc1c(O)c(O)c2c(c1O)c1c(O)c(O)c(O)c(Br)c1n2-c1ccccc1. The number of nitrogens with zero attached hydrogens (tertiary/aromatic N) is 1. The second-order valence-corrected chi connectivity index (χ2v) is 6.67. The van der Waals surface area contributed by atoms with Gasteiger partial charge in [0.2, 0.25) is 17.2 Å². The molecule has 0 saturated heterocycles. The molecule has 0 bridgehead atoms. The van der Waals surface area contributed by atoms with Crippen LogP contribution in [0.4, 0.5) is 0 Å². The Labute approximate surface area is 159 Å². The zero-order valence-corrected chi connectivity index (χ0v) is 14.9. The molecule has 0 fully saturated rings. The lowest BCUT2D eigenvalue weighted by atomic mass is 10.1. The number of aromatic hydroxyl groups is 7. The van der Waals surface area contributed by atoms with Crippen molar-refractivity contribution in [1.82, 2.24) is 4.57 Å². The van der Waals surface area contributed by atoms with E-state index in [1.807, 2.05) is 0 Å². The Morgan fingerprint density at radius 3 is 1.63 bits per heavy atom. The minimum absolute atomic E-state index is 0.0365. The van der Waals surface area contributed by atoms with Crippen molar-refractivity contribution in [3.8, 4) is 45.9 Å². The third kappa shape index (κ3) is 2.02. The molecule has 9 heteroatoms. The Kier molecular flexibility index (Phi) is 3.47. The van der Waals surface area contributed by atoms with Crippen molar-refractivity contribution in [2.24, 2.45) is 0 Å². The summed E-state index contributed by atoms with van der Waals surface area (Å²) in [6.45, 7) is 0. The highest BCUT2D eigenvalue weighted by Crippen LogP contribution is 2.58. The van der Waals surface area contributed by atoms with E-state index in [0.717, 1.165) is 0 Å². The molecular formula is C18H12BrNO7. The van der Waals surface area contributed by atoms with Gasteiger partial charge in [-0.15, -0.1) is 0 Å². The standard InChI is InChI=1S/C18H12BrNO7/c19-9-10-7(12(21)16(25)14(9)23)8-11(15(24)18(27)17(26)13(8)22)20(10)6-4-2-1-3-5-6/h1-5,21-27H. The molecule has 0 unspecified atom stereocenters. The maximum absolute atomic E-state index is 10.5. The number of halogens is 1. The van der Waals surface area contributed by atoms with Crippen LogP contribution in [0.3, 0.4) is 0 Å². The summed E-state index contributed by atoms with van der Waals surface area (Å²) in [5.41, 5.74) is 0.382. The van der Waals surface area contributed by atoms with E-state index in [-0.39, 0.29) is 26.3 Å². The summed E-state index contributed by atoms with van der Waals surface area (Å²) < 4.78 is 1.31. The number of fused-ring (bicyclic) bond motifs is 3. The van der Waals surface area contributed by atoms with Gasteiger partial charge in [0.25, 0.3) is 0 Å². The molecule has 4 rings (SSSR count). The largest absolute Gasteiger partial charge is 0.504 e. The maximum Gasteiger partial charge on any atom is 0.206 e. The first-order chi connectivity index (χ1) is 12.8. The summed E-state index contributed by atoms with van der Waals surface area (Å²) in [4.78, 5) is 0. The summed E-state index contributed by atoms with van der Waals surface area (Å²) in [6.07, 6.45) is 0. The monoisotopic (exact) mass is 433 g/mol. The van der Waals surface area contributed by atoms with E-state index in [0.29, 0.717) is 5.69 Å². The molecule has 0 amide bonds. The van der Waals surface area contributed by atoms with Gasteiger partial charge >= 0.3 is 0 Å². The summed E-state index contributed by atoms with van der Waals surface area (Å²) in [7, 11) is 0. The van der Waals surface area contributed by atoms with Gasteiger partial charge in [-0.3, -0.25) is 0 Å². The van der Waals surface area contributed by atoms with Crippen LogP contribution in [0.15, 0.2) is 34.8 Å². The van der Waals surface area contributed by atoms with Crippen molar-refractivity contribution in [2.45, 2.75) is 0 Å². The number of phenolic OH excluding ortho intramolecular Hbond substituents is 7. The van der Waals surface area contributed by atoms with Gasteiger partial charge in [-0.25, -0.2) is 0 Å². The molecule has 0 atom stereocenters.